The van der Waals surface area contributed by atoms with Crippen molar-refractivity contribution >= 4 is 16.9 Å². The molecular weight excluding hydrogens is 280 g/mol. The molecular formula is C17H20N2O3. The number of benzene rings is 1. The Morgan fingerprint density at radius 1 is 1.27 bits per heavy atom. The maximum absolute atomic E-state index is 10.9. The lowest BCUT2D eigenvalue weighted by Gasteiger charge is -2.29. The number of rotatable bonds is 4. The van der Waals surface area contributed by atoms with Crippen molar-refractivity contribution in [3.05, 3.63) is 36.7 Å². The molecule has 1 aliphatic rings. The van der Waals surface area contributed by atoms with Crippen LogP contribution >= 0.6 is 0 Å². The van der Waals surface area contributed by atoms with Gasteiger partial charge in [0.25, 0.3) is 0 Å². The Balaban J connectivity index is 1.47. The van der Waals surface area contributed by atoms with Gasteiger partial charge < -0.3 is 14.7 Å². The minimum atomic E-state index is -0.805. The van der Waals surface area contributed by atoms with Crippen LogP contribution in [0.2, 0.25) is 0 Å². The second-order valence-electron chi connectivity index (χ2n) is 5.73. The number of ether oxygens (including phenoxy) is 1. The minimum absolute atomic E-state index is 0.556. The Hall–Kier alpha value is -2.30. The topological polar surface area (TPSA) is 62.7 Å². The van der Waals surface area contributed by atoms with Gasteiger partial charge in [0.2, 0.25) is 0 Å². The Labute approximate surface area is 129 Å². The fourth-order valence-electron chi connectivity index (χ4n) is 2.91. The first-order valence-electron chi connectivity index (χ1n) is 7.67. The van der Waals surface area contributed by atoms with E-state index in [4.69, 9.17) is 9.84 Å². The Bertz CT molecular complexity index is 651. The fraction of sp³-hybridized carbons (Fsp3) is 0.412. The van der Waals surface area contributed by atoms with E-state index in [1.807, 2.05) is 30.5 Å². The molecule has 2 aromatic rings. The molecule has 5 heteroatoms. The van der Waals surface area contributed by atoms with Crippen LogP contribution in [0.4, 0.5) is 4.79 Å². The van der Waals surface area contributed by atoms with Crippen molar-refractivity contribution in [3.63, 3.8) is 0 Å². The first-order valence-corrected chi connectivity index (χ1v) is 7.67. The highest BCUT2D eigenvalue weighted by molar-refractivity contribution is 5.82. The largest absolute Gasteiger partial charge is 0.494 e. The van der Waals surface area contributed by atoms with Gasteiger partial charge in [0.05, 0.1) is 6.61 Å². The summed E-state index contributed by atoms with van der Waals surface area (Å²) in [4.78, 5) is 16.5. The van der Waals surface area contributed by atoms with E-state index in [9.17, 15) is 4.79 Å². The minimum Gasteiger partial charge on any atom is -0.494 e. The average molecular weight is 300 g/mol. The van der Waals surface area contributed by atoms with Gasteiger partial charge in [-0.2, -0.15) is 0 Å². The molecule has 1 amide bonds. The molecule has 5 nitrogen and oxygen atoms in total. The average Bonchev–Trinajstić information content (AvgIpc) is 2.55. The SMILES string of the molecule is O=C(O)N1CCC(CCOc2ccc3cnccc3c2)CC1. The number of amides is 1. The van der Waals surface area contributed by atoms with E-state index in [0.717, 1.165) is 35.8 Å². The predicted octanol–water partition coefficient (Wildman–Crippen LogP) is 3.39. The van der Waals surface area contributed by atoms with Crippen molar-refractivity contribution < 1.29 is 14.6 Å². The van der Waals surface area contributed by atoms with E-state index < -0.39 is 6.09 Å². The summed E-state index contributed by atoms with van der Waals surface area (Å²) in [5.41, 5.74) is 0. The maximum Gasteiger partial charge on any atom is 0.407 e. The summed E-state index contributed by atoms with van der Waals surface area (Å²) in [6, 6.07) is 7.99. The molecule has 0 saturated carbocycles. The van der Waals surface area contributed by atoms with Crippen molar-refractivity contribution in [3.8, 4) is 5.75 Å². The molecule has 0 unspecified atom stereocenters. The van der Waals surface area contributed by atoms with Crippen molar-refractivity contribution in [1.82, 2.24) is 9.88 Å². The first kappa shape index (κ1) is 14.6. The molecule has 0 atom stereocenters. The maximum atomic E-state index is 10.9. The quantitative estimate of drug-likeness (QED) is 0.940. The summed E-state index contributed by atoms with van der Waals surface area (Å²) in [5, 5.41) is 11.2. The van der Waals surface area contributed by atoms with Gasteiger partial charge in [-0.05, 0) is 54.8 Å². The number of hydrogen-bond acceptors (Lipinski definition) is 3. The van der Waals surface area contributed by atoms with Gasteiger partial charge in [-0.3, -0.25) is 4.98 Å². The van der Waals surface area contributed by atoms with E-state index in [1.165, 1.54) is 4.90 Å². The van der Waals surface area contributed by atoms with Crippen molar-refractivity contribution in [2.45, 2.75) is 19.3 Å². The molecule has 1 fully saturated rings. The molecule has 0 radical (unpaired) electrons. The zero-order valence-electron chi connectivity index (χ0n) is 12.4. The monoisotopic (exact) mass is 300 g/mol. The van der Waals surface area contributed by atoms with Gasteiger partial charge in [0.1, 0.15) is 5.75 Å². The Morgan fingerprint density at radius 3 is 2.86 bits per heavy atom. The van der Waals surface area contributed by atoms with Gasteiger partial charge in [0.15, 0.2) is 0 Å². The van der Waals surface area contributed by atoms with E-state index in [-0.39, 0.29) is 0 Å². The summed E-state index contributed by atoms with van der Waals surface area (Å²) < 4.78 is 5.84. The molecule has 0 bridgehead atoms. The van der Waals surface area contributed by atoms with E-state index in [2.05, 4.69) is 4.98 Å². The molecule has 0 spiro atoms. The lowest BCUT2D eigenvalue weighted by Crippen LogP contribution is -2.37. The summed E-state index contributed by atoms with van der Waals surface area (Å²) >= 11 is 0. The molecule has 1 aromatic carbocycles. The van der Waals surface area contributed by atoms with Gasteiger partial charge in [-0.15, -0.1) is 0 Å². The lowest BCUT2D eigenvalue weighted by molar-refractivity contribution is 0.119. The standard InChI is InChI=1S/C17H20N2O3/c20-17(21)19-8-4-13(5-9-19)6-10-22-16-2-1-15-12-18-7-3-14(15)11-16/h1-3,7,11-13H,4-6,8-10H2,(H,20,21). The molecule has 2 heterocycles. The van der Waals surface area contributed by atoms with Crippen LogP contribution in [0.25, 0.3) is 10.8 Å². The normalized spacial score (nSPS) is 15.9. The summed E-state index contributed by atoms with van der Waals surface area (Å²) in [6.07, 6.45) is 5.65. The summed E-state index contributed by atoms with van der Waals surface area (Å²) in [6.45, 7) is 1.96. The number of pyridine rings is 1. The van der Waals surface area contributed by atoms with Crippen molar-refractivity contribution in [2.24, 2.45) is 5.92 Å². The summed E-state index contributed by atoms with van der Waals surface area (Å²) in [7, 11) is 0. The van der Waals surface area contributed by atoms with Crippen LogP contribution in [-0.2, 0) is 0 Å². The number of hydrogen-bond donors (Lipinski definition) is 1. The number of nitrogens with zero attached hydrogens (tertiary/aromatic N) is 2. The van der Waals surface area contributed by atoms with Crippen LogP contribution < -0.4 is 4.74 Å². The van der Waals surface area contributed by atoms with E-state index >= 15 is 0 Å². The predicted molar refractivity (Wildman–Crippen MR) is 84.2 cm³/mol. The van der Waals surface area contributed by atoms with E-state index in [1.54, 1.807) is 6.20 Å². The van der Waals surface area contributed by atoms with Crippen LogP contribution in [0.5, 0.6) is 5.75 Å². The second kappa shape index (κ2) is 6.64. The highest BCUT2D eigenvalue weighted by atomic mass is 16.5. The van der Waals surface area contributed by atoms with E-state index in [0.29, 0.717) is 25.6 Å². The van der Waals surface area contributed by atoms with Gasteiger partial charge in [-0.25, -0.2) is 4.79 Å². The molecule has 22 heavy (non-hydrogen) atoms. The molecule has 1 N–H and O–H groups in total. The number of carboxylic acid groups (broad SMARTS) is 1. The smallest absolute Gasteiger partial charge is 0.407 e. The lowest BCUT2D eigenvalue weighted by atomic mass is 9.94. The molecule has 1 aliphatic heterocycles. The zero-order valence-corrected chi connectivity index (χ0v) is 12.4. The molecule has 1 saturated heterocycles. The number of likely N-dealkylation sites (tertiary alicyclic amines) is 1. The fourth-order valence-corrected chi connectivity index (χ4v) is 2.91. The third-order valence-electron chi connectivity index (χ3n) is 4.29. The highest BCUT2D eigenvalue weighted by Gasteiger charge is 2.21. The molecule has 3 rings (SSSR count). The first-order chi connectivity index (χ1) is 10.7. The van der Waals surface area contributed by atoms with Gasteiger partial charge in [-0.1, -0.05) is 0 Å². The third kappa shape index (κ3) is 3.47. The number of carbonyl (C=O) groups is 1. The second-order valence-corrected chi connectivity index (χ2v) is 5.73. The van der Waals surface area contributed by atoms with Crippen LogP contribution in [0.1, 0.15) is 19.3 Å². The zero-order chi connectivity index (χ0) is 15.4. The molecule has 1 aromatic heterocycles. The van der Waals surface area contributed by atoms with Crippen molar-refractivity contribution in [1.29, 1.82) is 0 Å². The van der Waals surface area contributed by atoms with Gasteiger partial charge in [0, 0.05) is 30.9 Å². The number of aromatic nitrogens is 1. The number of fused-ring (bicyclic) bond motifs is 1. The van der Waals surface area contributed by atoms with Crippen LogP contribution in [0.15, 0.2) is 36.7 Å². The van der Waals surface area contributed by atoms with Crippen molar-refractivity contribution in [2.75, 3.05) is 19.7 Å². The van der Waals surface area contributed by atoms with Gasteiger partial charge >= 0.3 is 6.09 Å². The molecule has 0 aliphatic carbocycles. The molecule has 116 valence electrons. The Kier molecular flexibility index (Phi) is 4.42. The number of piperidine rings is 1. The summed E-state index contributed by atoms with van der Waals surface area (Å²) in [5.74, 6) is 1.43. The van der Waals surface area contributed by atoms with Crippen LogP contribution in [0, 0.1) is 5.92 Å². The van der Waals surface area contributed by atoms with Crippen LogP contribution in [0.3, 0.4) is 0 Å². The third-order valence-corrected chi connectivity index (χ3v) is 4.29. The highest BCUT2D eigenvalue weighted by Crippen LogP contribution is 2.23. The Morgan fingerprint density at radius 2 is 2.09 bits per heavy atom. The van der Waals surface area contributed by atoms with Crippen LogP contribution in [-0.4, -0.2) is 40.8 Å².